The molecule has 0 fully saturated rings. The van der Waals surface area contributed by atoms with Gasteiger partial charge < -0.3 is 5.11 Å². The van der Waals surface area contributed by atoms with Gasteiger partial charge in [0.1, 0.15) is 5.60 Å². The van der Waals surface area contributed by atoms with Crippen LogP contribution in [0.15, 0.2) is 42.5 Å². The van der Waals surface area contributed by atoms with Crippen LogP contribution >= 0.6 is 0 Å². The highest BCUT2D eigenvalue weighted by atomic mass is 16.3. The predicted molar refractivity (Wildman–Crippen MR) is 66.2 cm³/mol. The molecule has 2 heteroatoms. The van der Waals surface area contributed by atoms with Crippen molar-refractivity contribution in [3.8, 4) is 11.8 Å². The van der Waals surface area contributed by atoms with E-state index >= 15 is 0 Å². The molecular weight excluding hydrogens is 212 g/mol. The molecule has 0 heterocycles. The third kappa shape index (κ3) is 2.64. The Labute approximate surface area is 101 Å². The van der Waals surface area contributed by atoms with E-state index in [2.05, 4.69) is 11.8 Å². The van der Waals surface area contributed by atoms with Crippen molar-refractivity contribution in [2.45, 2.75) is 18.9 Å². The Balaban J connectivity index is 2.27. The van der Waals surface area contributed by atoms with Gasteiger partial charge in [-0.15, -0.1) is 0 Å². The number of allylic oxidation sites excluding steroid dienone is 1. The highest BCUT2D eigenvalue weighted by molar-refractivity contribution is 5.91. The molecule has 0 aromatic heterocycles. The first-order valence-electron chi connectivity index (χ1n) is 5.63. The van der Waals surface area contributed by atoms with Crippen LogP contribution in [0, 0.1) is 17.8 Å². The molecule has 2 atom stereocenters. The number of ketones is 1. The smallest absolute Gasteiger partial charge is 0.155 e. The molecule has 86 valence electrons. The summed E-state index contributed by atoms with van der Waals surface area (Å²) in [6, 6.07) is 9.49. The topological polar surface area (TPSA) is 37.3 Å². The number of carbonyl (C=O) groups excluding carboxylic acids is 1. The maximum absolute atomic E-state index is 11.2. The van der Waals surface area contributed by atoms with Gasteiger partial charge in [0.25, 0.3) is 0 Å². The van der Waals surface area contributed by atoms with Crippen LogP contribution in [0.3, 0.4) is 0 Å². The average Bonchev–Trinajstić information content (AvgIpc) is 2.34. The summed E-state index contributed by atoms with van der Waals surface area (Å²) in [5.74, 6) is 5.66. The Bertz CT molecular complexity index is 505. The van der Waals surface area contributed by atoms with Crippen LogP contribution in [0.25, 0.3) is 0 Å². The van der Waals surface area contributed by atoms with E-state index in [0.29, 0.717) is 6.42 Å². The summed E-state index contributed by atoms with van der Waals surface area (Å²) in [4.78, 5) is 11.2. The normalized spacial score (nSPS) is 27.4. The van der Waals surface area contributed by atoms with E-state index in [0.717, 1.165) is 5.56 Å². The summed E-state index contributed by atoms with van der Waals surface area (Å²) >= 11 is 0. The SMILES string of the molecule is C[C@@H]1CC(=O)C=C[C@@]1(O)C#Cc1ccccc1. The molecule has 0 spiro atoms. The number of rotatable bonds is 0. The maximum atomic E-state index is 11.2. The van der Waals surface area contributed by atoms with Crippen LogP contribution < -0.4 is 0 Å². The van der Waals surface area contributed by atoms with Gasteiger partial charge in [-0.2, -0.15) is 0 Å². The molecule has 0 bridgehead atoms. The average molecular weight is 226 g/mol. The van der Waals surface area contributed by atoms with Gasteiger partial charge in [0.05, 0.1) is 0 Å². The maximum Gasteiger partial charge on any atom is 0.155 e. The van der Waals surface area contributed by atoms with Gasteiger partial charge in [-0.05, 0) is 24.3 Å². The largest absolute Gasteiger partial charge is 0.374 e. The van der Waals surface area contributed by atoms with Crippen molar-refractivity contribution in [1.29, 1.82) is 0 Å². The Morgan fingerprint density at radius 1 is 1.35 bits per heavy atom. The van der Waals surface area contributed by atoms with Crippen molar-refractivity contribution in [2.24, 2.45) is 5.92 Å². The van der Waals surface area contributed by atoms with E-state index in [9.17, 15) is 9.90 Å². The Morgan fingerprint density at radius 2 is 2.06 bits per heavy atom. The summed E-state index contributed by atoms with van der Waals surface area (Å²) in [7, 11) is 0. The molecule has 1 aromatic rings. The molecule has 1 aliphatic carbocycles. The molecule has 0 saturated carbocycles. The third-order valence-electron chi connectivity index (χ3n) is 2.96. The molecule has 0 saturated heterocycles. The molecule has 1 aliphatic rings. The lowest BCUT2D eigenvalue weighted by molar-refractivity contribution is -0.117. The molecule has 0 amide bonds. The van der Waals surface area contributed by atoms with Crippen molar-refractivity contribution in [2.75, 3.05) is 0 Å². The summed E-state index contributed by atoms with van der Waals surface area (Å²) in [6.45, 7) is 1.83. The van der Waals surface area contributed by atoms with Gasteiger partial charge in [-0.3, -0.25) is 4.79 Å². The fourth-order valence-corrected chi connectivity index (χ4v) is 1.77. The number of hydrogen-bond donors (Lipinski definition) is 1. The van der Waals surface area contributed by atoms with Gasteiger partial charge >= 0.3 is 0 Å². The number of carbonyl (C=O) groups is 1. The highest BCUT2D eigenvalue weighted by Gasteiger charge is 2.33. The Morgan fingerprint density at radius 3 is 2.71 bits per heavy atom. The Hall–Kier alpha value is -1.85. The van der Waals surface area contributed by atoms with E-state index in [-0.39, 0.29) is 11.7 Å². The molecule has 2 nitrogen and oxygen atoms in total. The quantitative estimate of drug-likeness (QED) is 0.686. The van der Waals surface area contributed by atoms with E-state index in [4.69, 9.17) is 0 Å². The summed E-state index contributed by atoms with van der Waals surface area (Å²) < 4.78 is 0. The van der Waals surface area contributed by atoms with Crippen LogP contribution in [0.1, 0.15) is 18.9 Å². The van der Waals surface area contributed by atoms with Crippen LogP contribution in [-0.4, -0.2) is 16.5 Å². The molecule has 0 unspecified atom stereocenters. The second-order valence-electron chi connectivity index (χ2n) is 4.35. The van der Waals surface area contributed by atoms with Crippen molar-refractivity contribution < 1.29 is 9.90 Å². The third-order valence-corrected chi connectivity index (χ3v) is 2.96. The van der Waals surface area contributed by atoms with Gasteiger partial charge in [0.15, 0.2) is 5.78 Å². The van der Waals surface area contributed by atoms with Gasteiger partial charge in [0.2, 0.25) is 0 Å². The molecule has 17 heavy (non-hydrogen) atoms. The highest BCUT2D eigenvalue weighted by Crippen LogP contribution is 2.26. The van der Waals surface area contributed by atoms with Gasteiger partial charge in [-0.25, -0.2) is 0 Å². The molecule has 2 rings (SSSR count). The lowest BCUT2D eigenvalue weighted by atomic mass is 9.81. The van der Waals surface area contributed by atoms with Crippen LogP contribution in [0.2, 0.25) is 0 Å². The minimum Gasteiger partial charge on any atom is -0.374 e. The zero-order chi connectivity index (χ0) is 12.3. The Kier molecular flexibility index (Phi) is 3.12. The second-order valence-corrected chi connectivity index (χ2v) is 4.35. The number of aliphatic hydroxyl groups is 1. The molecule has 0 aliphatic heterocycles. The number of hydrogen-bond acceptors (Lipinski definition) is 2. The minimum atomic E-state index is -1.19. The second kappa shape index (κ2) is 4.57. The van der Waals surface area contributed by atoms with Crippen molar-refractivity contribution in [3.05, 3.63) is 48.0 Å². The van der Waals surface area contributed by atoms with E-state index in [1.54, 1.807) is 0 Å². The van der Waals surface area contributed by atoms with Crippen molar-refractivity contribution >= 4 is 5.78 Å². The zero-order valence-electron chi connectivity index (χ0n) is 9.68. The molecule has 0 radical (unpaired) electrons. The standard InChI is InChI=1S/C15H14O2/c1-12-11-14(16)8-10-15(12,17)9-7-13-5-3-2-4-6-13/h2-6,8,10,12,17H,11H2,1H3/t12-,15+/m1/s1. The fraction of sp³-hybridized carbons (Fsp3) is 0.267. The van der Waals surface area contributed by atoms with Crippen LogP contribution in [0.5, 0.6) is 0 Å². The number of benzene rings is 1. The summed E-state index contributed by atoms with van der Waals surface area (Å²) in [6.07, 6.45) is 3.26. The molecule has 1 aromatic carbocycles. The first-order valence-corrected chi connectivity index (χ1v) is 5.63. The van der Waals surface area contributed by atoms with Crippen LogP contribution in [0.4, 0.5) is 0 Å². The fourth-order valence-electron chi connectivity index (χ4n) is 1.77. The van der Waals surface area contributed by atoms with E-state index < -0.39 is 5.60 Å². The van der Waals surface area contributed by atoms with Crippen molar-refractivity contribution in [1.82, 2.24) is 0 Å². The summed E-state index contributed by atoms with van der Waals surface area (Å²) in [5.41, 5.74) is -0.331. The monoisotopic (exact) mass is 226 g/mol. The summed E-state index contributed by atoms with van der Waals surface area (Å²) in [5, 5.41) is 10.3. The predicted octanol–water partition coefficient (Wildman–Crippen LogP) is 1.93. The lowest BCUT2D eigenvalue weighted by Gasteiger charge is -2.28. The van der Waals surface area contributed by atoms with Crippen molar-refractivity contribution in [3.63, 3.8) is 0 Å². The molecule has 1 N–H and O–H groups in total. The molecular formula is C15H14O2. The lowest BCUT2D eigenvalue weighted by Crippen LogP contribution is -2.36. The van der Waals surface area contributed by atoms with Crippen LogP contribution in [-0.2, 0) is 4.79 Å². The first-order chi connectivity index (χ1) is 8.10. The van der Waals surface area contributed by atoms with E-state index in [1.165, 1.54) is 12.2 Å². The van der Waals surface area contributed by atoms with Gasteiger partial charge in [-0.1, -0.05) is 37.0 Å². The first kappa shape index (κ1) is 11.6. The minimum absolute atomic E-state index is 0.0451. The van der Waals surface area contributed by atoms with Gasteiger partial charge in [0, 0.05) is 17.9 Å². The van der Waals surface area contributed by atoms with E-state index in [1.807, 2.05) is 37.3 Å². The zero-order valence-corrected chi connectivity index (χ0v) is 9.68.